The highest BCUT2D eigenvalue weighted by Gasteiger charge is 2.28. The fraction of sp³-hybridized carbons (Fsp3) is 0.579. The number of carbonyl (C=O) groups excluding carboxylic acids is 1. The lowest BCUT2D eigenvalue weighted by Crippen LogP contribution is -2.51. The number of ether oxygens (including phenoxy) is 1. The Labute approximate surface area is 158 Å². The highest BCUT2D eigenvalue weighted by atomic mass is 32.2. The van der Waals surface area contributed by atoms with Crippen molar-refractivity contribution in [2.75, 3.05) is 50.9 Å². The fourth-order valence-electron chi connectivity index (χ4n) is 3.76. The largest absolute Gasteiger partial charge is 0.379 e. The van der Waals surface area contributed by atoms with E-state index in [0.29, 0.717) is 6.54 Å². The zero-order valence-corrected chi connectivity index (χ0v) is 15.9. The summed E-state index contributed by atoms with van der Waals surface area (Å²) in [7, 11) is 0. The summed E-state index contributed by atoms with van der Waals surface area (Å²) in [5, 5.41) is 0. The Hall–Kier alpha value is -1.57. The molecule has 0 saturated carbocycles. The Bertz CT molecular complexity index is 744. The number of fused-ring (bicyclic) bond motifs is 1. The van der Waals surface area contributed by atoms with Crippen LogP contribution in [0.15, 0.2) is 30.6 Å². The van der Waals surface area contributed by atoms with Crippen molar-refractivity contribution in [2.24, 2.45) is 0 Å². The Balaban J connectivity index is 1.47. The predicted octanol–water partition coefficient (Wildman–Crippen LogP) is 1.70. The van der Waals surface area contributed by atoms with Gasteiger partial charge in [0.15, 0.2) is 0 Å². The molecular formula is C19H26N4O2S. The van der Waals surface area contributed by atoms with Gasteiger partial charge in [0.25, 0.3) is 0 Å². The molecule has 7 heteroatoms. The lowest BCUT2D eigenvalue weighted by molar-refractivity contribution is -0.134. The molecule has 2 aliphatic rings. The predicted molar refractivity (Wildman–Crippen MR) is 104 cm³/mol. The number of imidazole rings is 1. The molecule has 2 aromatic rings. The number of thioether (sulfide) groups is 1. The van der Waals surface area contributed by atoms with E-state index >= 15 is 0 Å². The summed E-state index contributed by atoms with van der Waals surface area (Å²) < 4.78 is 7.43. The van der Waals surface area contributed by atoms with Gasteiger partial charge in [-0.05, 0) is 24.3 Å². The van der Waals surface area contributed by atoms with Crippen LogP contribution in [0, 0.1) is 0 Å². The second kappa shape index (κ2) is 8.41. The van der Waals surface area contributed by atoms with Crippen molar-refractivity contribution < 1.29 is 9.53 Å². The molecule has 1 atom stereocenters. The third-order valence-electron chi connectivity index (χ3n) is 5.16. The maximum absolute atomic E-state index is 13.1. The minimum atomic E-state index is 0.203. The van der Waals surface area contributed by atoms with Gasteiger partial charge < -0.3 is 14.2 Å². The quantitative estimate of drug-likeness (QED) is 0.815. The van der Waals surface area contributed by atoms with Crippen LogP contribution in [-0.4, -0.2) is 82.2 Å². The van der Waals surface area contributed by atoms with E-state index < -0.39 is 0 Å². The molecule has 2 saturated heterocycles. The lowest BCUT2D eigenvalue weighted by Gasteiger charge is -2.35. The monoisotopic (exact) mass is 374 g/mol. The van der Waals surface area contributed by atoms with Crippen molar-refractivity contribution >= 4 is 28.7 Å². The molecule has 1 amide bonds. The van der Waals surface area contributed by atoms with E-state index in [9.17, 15) is 4.79 Å². The van der Waals surface area contributed by atoms with Crippen LogP contribution in [0.4, 0.5) is 0 Å². The molecule has 0 radical (unpaired) electrons. The first kappa shape index (κ1) is 17.8. The SMILES string of the molecule is O=C(Cn1cnc2ccccc21)N1CCCSCC1CN1CCOCC1. The van der Waals surface area contributed by atoms with Crippen molar-refractivity contribution in [2.45, 2.75) is 19.0 Å². The summed E-state index contributed by atoms with van der Waals surface area (Å²) in [5.41, 5.74) is 1.96. The first-order valence-corrected chi connectivity index (χ1v) is 10.5. The molecule has 1 unspecified atom stereocenters. The van der Waals surface area contributed by atoms with Gasteiger partial charge in [0, 0.05) is 31.9 Å². The van der Waals surface area contributed by atoms with E-state index in [0.717, 1.165) is 68.4 Å². The number of hydrogen-bond donors (Lipinski definition) is 0. The maximum Gasteiger partial charge on any atom is 0.242 e. The zero-order valence-electron chi connectivity index (χ0n) is 15.0. The summed E-state index contributed by atoms with van der Waals surface area (Å²) >= 11 is 1.97. The Morgan fingerprint density at radius 3 is 2.96 bits per heavy atom. The summed E-state index contributed by atoms with van der Waals surface area (Å²) in [5.74, 6) is 2.36. The molecule has 0 bridgehead atoms. The van der Waals surface area contributed by atoms with Crippen LogP contribution in [0.25, 0.3) is 11.0 Å². The van der Waals surface area contributed by atoms with E-state index in [-0.39, 0.29) is 11.9 Å². The number of carbonyl (C=O) groups is 1. The van der Waals surface area contributed by atoms with Crippen LogP contribution in [0.2, 0.25) is 0 Å². The van der Waals surface area contributed by atoms with E-state index in [1.165, 1.54) is 0 Å². The molecule has 1 aromatic heterocycles. The number of nitrogens with zero attached hydrogens (tertiary/aromatic N) is 4. The van der Waals surface area contributed by atoms with Gasteiger partial charge in [-0.3, -0.25) is 9.69 Å². The lowest BCUT2D eigenvalue weighted by atomic mass is 10.2. The number of amides is 1. The Kier molecular flexibility index (Phi) is 5.77. The highest BCUT2D eigenvalue weighted by molar-refractivity contribution is 7.99. The van der Waals surface area contributed by atoms with E-state index in [4.69, 9.17) is 4.74 Å². The maximum atomic E-state index is 13.1. The van der Waals surface area contributed by atoms with E-state index in [1.54, 1.807) is 6.33 Å². The number of benzene rings is 1. The molecule has 26 heavy (non-hydrogen) atoms. The molecule has 2 aliphatic heterocycles. The van der Waals surface area contributed by atoms with Crippen LogP contribution >= 0.6 is 11.8 Å². The molecule has 0 N–H and O–H groups in total. The van der Waals surface area contributed by atoms with Crippen molar-refractivity contribution in [3.05, 3.63) is 30.6 Å². The van der Waals surface area contributed by atoms with Crippen LogP contribution in [0.1, 0.15) is 6.42 Å². The average molecular weight is 375 g/mol. The van der Waals surface area contributed by atoms with Gasteiger partial charge in [0.1, 0.15) is 6.54 Å². The number of hydrogen-bond acceptors (Lipinski definition) is 5. The molecule has 1 aromatic carbocycles. The zero-order chi connectivity index (χ0) is 17.8. The van der Waals surface area contributed by atoms with Crippen LogP contribution in [-0.2, 0) is 16.1 Å². The van der Waals surface area contributed by atoms with Crippen LogP contribution in [0.5, 0.6) is 0 Å². The van der Waals surface area contributed by atoms with Crippen LogP contribution < -0.4 is 0 Å². The van der Waals surface area contributed by atoms with Gasteiger partial charge in [0.05, 0.1) is 36.6 Å². The second-order valence-electron chi connectivity index (χ2n) is 6.94. The van der Waals surface area contributed by atoms with E-state index in [1.807, 2.05) is 40.6 Å². The first-order chi connectivity index (χ1) is 12.8. The first-order valence-electron chi connectivity index (χ1n) is 9.38. The second-order valence-corrected chi connectivity index (χ2v) is 8.09. The van der Waals surface area contributed by atoms with Gasteiger partial charge in [-0.2, -0.15) is 11.8 Å². The van der Waals surface area contributed by atoms with Gasteiger partial charge in [0.2, 0.25) is 5.91 Å². The molecule has 6 nitrogen and oxygen atoms in total. The van der Waals surface area contributed by atoms with Crippen molar-refractivity contribution in [3.8, 4) is 0 Å². The average Bonchev–Trinajstić information content (AvgIpc) is 2.92. The van der Waals surface area contributed by atoms with E-state index in [2.05, 4.69) is 14.8 Å². The van der Waals surface area contributed by atoms with Gasteiger partial charge in [-0.25, -0.2) is 4.98 Å². The third kappa shape index (κ3) is 4.05. The Morgan fingerprint density at radius 1 is 1.23 bits per heavy atom. The van der Waals surface area contributed by atoms with Crippen molar-refractivity contribution in [3.63, 3.8) is 0 Å². The minimum Gasteiger partial charge on any atom is -0.379 e. The van der Waals surface area contributed by atoms with Gasteiger partial charge >= 0.3 is 0 Å². The highest BCUT2D eigenvalue weighted by Crippen LogP contribution is 2.19. The standard InChI is InChI=1S/C19H26N4O2S/c24-19(13-22-15-20-17-4-1-2-5-18(17)22)23-6-3-11-26-14-16(23)12-21-7-9-25-10-8-21/h1-2,4-5,15-16H,3,6-14H2. The normalized spacial score (nSPS) is 22.5. The Morgan fingerprint density at radius 2 is 2.08 bits per heavy atom. The molecule has 4 rings (SSSR count). The summed E-state index contributed by atoms with van der Waals surface area (Å²) in [6.07, 6.45) is 2.85. The summed E-state index contributed by atoms with van der Waals surface area (Å²) in [6, 6.07) is 8.27. The third-order valence-corrected chi connectivity index (χ3v) is 6.36. The minimum absolute atomic E-state index is 0.203. The topological polar surface area (TPSA) is 50.6 Å². The summed E-state index contributed by atoms with van der Waals surface area (Å²) in [4.78, 5) is 22.1. The number of aromatic nitrogens is 2. The molecular weight excluding hydrogens is 348 g/mol. The van der Waals surface area contributed by atoms with Gasteiger partial charge in [-0.15, -0.1) is 0 Å². The number of morpholine rings is 1. The van der Waals surface area contributed by atoms with Gasteiger partial charge in [-0.1, -0.05) is 12.1 Å². The van der Waals surface area contributed by atoms with Crippen molar-refractivity contribution in [1.82, 2.24) is 19.4 Å². The molecule has 0 spiro atoms. The molecule has 0 aliphatic carbocycles. The van der Waals surface area contributed by atoms with Crippen molar-refractivity contribution in [1.29, 1.82) is 0 Å². The number of rotatable bonds is 4. The molecule has 2 fully saturated rings. The fourth-order valence-corrected chi connectivity index (χ4v) is 4.82. The van der Waals surface area contributed by atoms with Crippen LogP contribution in [0.3, 0.4) is 0 Å². The summed E-state index contributed by atoms with van der Waals surface area (Å²) in [6.45, 7) is 5.71. The number of para-hydroxylation sites is 2. The smallest absolute Gasteiger partial charge is 0.242 e. The molecule has 3 heterocycles. The molecule has 140 valence electrons.